The first-order chi connectivity index (χ1) is 8.58. The Morgan fingerprint density at radius 3 is 2.72 bits per heavy atom. The lowest BCUT2D eigenvalue weighted by Gasteiger charge is -2.08. The topological polar surface area (TPSA) is 42.0 Å². The second kappa shape index (κ2) is 5.82. The monoisotopic (exact) mass is 388 g/mol. The van der Waals surface area contributed by atoms with Crippen LogP contribution in [0.3, 0.4) is 0 Å². The Labute approximate surface area is 126 Å². The lowest BCUT2D eigenvalue weighted by molar-refractivity contribution is 0.102. The summed E-state index contributed by atoms with van der Waals surface area (Å²) in [5.74, 6) is -0.295. The lowest BCUT2D eigenvalue weighted by Crippen LogP contribution is -2.13. The Morgan fingerprint density at radius 2 is 2.06 bits per heavy atom. The molecule has 1 N–H and O–H groups in total. The van der Waals surface area contributed by atoms with Gasteiger partial charge in [0, 0.05) is 21.3 Å². The molecular formula is C12H7Br2ClN2O. The van der Waals surface area contributed by atoms with E-state index >= 15 is 0 Å². The van der Waals surface area contributed by atoms with Gasteiger partial charge in [0.25, 0.3) is 5.91 Å². The first-order valence-electron chi connectivity index (χ1n) is 4.94. The van der Waals surface area contributed by atoms with E-state index < -0.39 is 0 Å². The van der Waals surface area contributed by atoms with Crippen molar-refractivity contribution in [1.82, 2.24) is 4.98 Å². The molecule has 0 fully saturated rings. The molecule has 1 aromatic carbocycles. The van der Waals surface area contributed by atoms with Crippen LogP contribution >= 0.6 is 43.5 Å². The molecule has 0 aliphatic heterocycles. The van der Waals surface area contributed by atoms with Crippen LogP contribution in [0.4, 0.5) is 5.69 Å². The number of nitrogens with one attached hydrogen (secondary N) is 1. The highest BCUT2D eigenvalue weighted by Crippen LogP contribution is 2.27. The van der Waals surface area contributed by atoms with Crippen molar-refractivity contribution in [2.75, 3.05) is 5.32 Å². The number of carbonyl (C=O) groups excluding carboxylic acids is 1. The van der Waals surface area contributed by atoms with Gasteiger partial charge in [0.1, 0.15) is 0 Å². The molecule has 0 saturated carbocycles. The predicted octanol–water partition coefficient (Wildman–Crippen LogP) is 4.51. The highest BCUT2D eigenvalue weighted by molar-refractivity contribution is 9.11. The van der Waals surface area contributed by atoms with Crippen LogP contribution in [0.5, 0.6) is 0 Å². The summed E-state index contributed by atoms with van der Waals surface area (Å²) in [5, 5.41) is 3.13. The molecule has 0 atom stereocenters. The van der Waals surface area contributed by atoms with E-state index in [4.69, 9.17) is 11.6 Å². The maximum Gasteiger partial charge on any atom is 0.258 e. The Kier molecular flexibility index (Phi) is 4.37. The number of hydrogen-bond donors (Lipinski definition) is 1. The van der Waals surface area contributed by atoms with Crippen molar-refractivity contribution in [2.45, 2.75) is 0 Å². The van der Waals surface area contributed by atoms with Crippen LogP contribution in [0, 0.1) is 0 Å². The standard InChI is InChI=1S/C12H7Br2ClN2O/c13-7-1-2-11(9(14)5-7)17-12(18)8-6-16-4-3-10(8)15/h1-6H,(H,17,18). The van der Waals surface area contributed by atoms with Crippen LogP contribution in [0.2, 0.25) is 5.02 Å². The average molecular weight is 390 g/mol. The van der Waals surface area contributed by atoms with Crippen LogP contribution in [0.1, 0.15) is 10.4 Å². The summed E-state index contributed by atoms with van der Waals surface area (Å²) in [7, 11) is 0. The van der Waals surface area contributed by atoms with Crippen molar-refractivity contribution in [1.29, 1.82) is 0 Å². The number of hydrogen-bond acceptors (Lipinski definition) is 2. The van der Waals surface area contributed by atoms with E-state index in [-0.39, 0.29) is 5.91 Å². The Hall–Kier alpha value is -0.910. The summed E-state index contributed by atoms with van der Waals surface area (Å²) in [6, 6.07) is 7.05. The summed E-state index contributed by atoms with van der Waals surface area (Å²) in [5.41, 5.74) is 1.01. The molecule has 2 aromatic rings. The van der Waals surface area contributed by atoms with Gasteiger partial charge in [-0.3, -0.25) is 9.78 Å². The van der Waals surface area contributed by atoms with E-state index in [2.05, 4.69) is 42.2 Å². The number of pyridine rings is 1. The smallest absolute Gasteiger partial charge is 0.258 e. The van der Waals surface area contributed by atoms with E-state index in [0.717, 1.165) is 8.95 Å². The molecule has 0 spiro atoms. The van der Waals surface area contributed by atoms with Crippen LogP contribution in [0.15, 0.2) is 45.6 Å². The molecule has 6 heteroatoms. The van der Waals surface area contributed by atoms with E-state index in [1.54, 1.807) is 12.1 Å². The maximum absolute atomic E-state index is 12.0. The minimum Gasteiger partial charge on any atom is -0.321 e. The quantitative estimate of drug-likeness (QED) is 0.820. The molecule has 0 unspecified atom stereocenters. The number of carbonyl (C=O) groups is 1. The summed E-state index contributed by atoms with van der Waals surface area (Å²) in [4.78, 5) is 15.9. The van der Waals surface area contributed by atoms with E-state index in [9.17, 15) is 4.79 Å². The highest BCUT2D eigenvalue weighted by atomic mass is 79.9. The fraction of sp³-hybridized carbons (Fsp3) is 0. The second-order valence-corrected chi connectivity index (χ2v) is 5.61. The Balaban J connectivity index is 2.24. The third-order valence-corrected chi connectivity index (χ3v) is 3.67. The van der Waals surface area contributed by atoms with Gasteiger partial charge in [-0.1, -0.05) is 27.5 Å². The zero-order chi connectivity index (χ0) is 13.1. The minimum atomic E-state index is -0.295. The van der Waals surface area contributed by atoms with Crippen molar-refractivity contribution >= 4 is 55.1 Å². The van der Waals surface area contributed by atoms with Crippen LogP contribution in [0.25, 0.3) is 0 Å². The number of aromatic nitrogens is 1. The molecule has 0 saturated heterocycles. The van der Waals surface area contributed by atoms with E-state index in [1.807, 2.05) is 12.1 Å². The van der Waals surface area contributed by atoms with Gasteiger partial charge >= 0.3 is 0 Å². The SMILES string of the molecule is O=C(Nc1ccc(Br)cc1Br)c1cnccc1Cl. The normalized spacial score (nSPS) is 10.2. The molecule has 0 radical (unpaired) electrons. The van der Waals surface area contributed by atoms with Gasteiger partial charge in [0.05, 0.1) is 16.3 Å². The van der Waals surface area contributed by atoms with Crippen molar-refractivity contribution in [3.8, 4) is 0 Å². The Bertz CT molecular complexity index is 604. The summed E-state index contributed by atoms with van der Waals surface area (Å²) in [6.07, 6.45) is 2.97. The number of halogens is 3. The third-order valence-electron chi connectivity index (χ3n) is 2.19. The third kappa shape index (κ3) is 3.10. The molecule has 3 nitrogen and oxygen atoms in total. The molecule has 92 valence electrons. The van der Waals surface area contributed by atoms with Gasteiger partial charge < -0.3 is 5.32 Å². The summed E-state index contributed by atoms with van der Waals surface area (Å²) >= 11 is 12.6. The number of anilines is 1. The van der Waals surface area contributed by atoms with Crippen LogP contribution in [-0.4, -0.2) is 10.9 Å². The van der Waals surface area contributed by atoms with Crippen molar-refractivity contribution in [3.05, 3.63) is 56.2 Å². The van der Waals surface area contributed by atoms with Crippen LogP contribution in [-0.2, 0) is 0 Å². The maximum atomic E-state index is 12.0. The molecule has 1 amide bonds. The number of rotatable bonds is 2. The molecule has 1 aromatic heterocycles. The van der Waals surface area contributed by atoms with Crippen molar-refractivity contribution < 1.29 is 4.79 Å². The minimum absolute atomic E-state index is 0.295. The lowest BCUT2D eigenvalue weighted by atomic mass is 10.2. The fourth-order valence-electron chi connectivity index (χ4n) is 1.33. The number of amides is 1. The van der Waals surface area contributed by atoms with Gasteiger partial charge in [-0.15, -0.1) is 0 Å². The van der Waals surface area contributed by atoms with Gasteiger partial charge in [-0.05, 0) is 40.2 Å². The van der Waals surface area contributed by atoms with Gasteiger partial charge in [0.2, 0.25) is 0 Å². The zero-order valence-corrected chi connectivity index (χ0v) is 12.9. The number of benzene rings is 1. The predicted molar refractivity (Wildman–Crippen MR) is 79.0 cm³/mol. The largest absolute Gasteiger partial charge is 0.321 e. The van der Waals surface area contributed by atoms with Crippen molar-refractivity contribution in [3.63, 3.8) is 0 Å². The first kappa shape index (κ1) is 13.5. The molecular weight excluding hydrogens is 383 g/mol. The van der Waals surface area contributed by atoms with Gasteiger partial charge in [-0.25, -0.2) is 0 Å². The number of nitrogens with zero attached hydrogens (tertiary/aromatic N) is 1. The molecule has 0 aliphatic rings. The molecule has 0 bridgehead atoms. The van der Waals surface area contributed by atoms with E-state index in [0.29, 0.717) is 16.3 Å². The van der Waals surface area contributed by atoms with E-state index in [1.165, 1.54) is 12.4 Å². The second-order valence-electron chi connectivity index (χ2n) is 3.43. The zero-order valence-electron chi connectivity index (χ0n) is 8.95. The van der Waals surface area contributed by atoms with Gasteiger partial charge in [-0.2, -0.15) is 0 Å². The molecule has 0 aliphatic carbocycles. The molecule has 1 heterocycles. The highest BCUT2D eigenvalue weighted by Gasteiger charge is 2.11. The molecule has 2 rings (SSSR count). The molecule has 18 heavy (non-hydrogen) atoms. The fourth-order valence-corrected chi connectivity index (χ4v) is 2.66. The van der Waals surface area contributed by atoms with Crippen molar-refractivity contribution in [2.24, 2.45) is 0 Å². The van der Waals surface area contributed by atoms with Crippen LogP contribution < -0.4 is 5.32 Å². The Morgan fingerprint density at radius 1 is 1.28 bits per heavy atom. The van der Waals surface area contributed by atoms with Gasteiger partial charge in [0.15, 0.2) is 0 Å². The summed E-state index contributed by atoms with van der Waals surface area (Å²) < 4.78 is 1.71. The average Bonchev–Trinajstić information content (AvgIpc) is 2.33. The first-order valence-corrected chi connectivity index (χ1v) is 6.90. The summed E-state index contributed by atoms with van der Waals surface area (Å²) in [6.45, 7) is 0.